The van der Waals surface area contributed by atoms with Gasteiger partial charge in [-0.1, -0.05) is 26.3 Å². The van der Waals surface area contributed by atoms with E-state index >= 15 is 0 Å². The van der Waals surface area contributed by atoms with Gasteiger partial charge in [0, 0.05) is 17.8 Å². The molecular weight excluding hydrogens is 422 g/mol. The molecule has 0 aliphatic carbocycles. The number of anilines is 1. The fraction of sp³-hybridized carbons (Fsp3) is 0.333. The van der Waals surface area contributed by atoms with Gasteiger partial charge in [0.2, 0.25) is 10.0 Å². The molecule has 0 atom stereocenters. The Morgan fingerprint density at radius 2 is 1.80 bits per heavy atom. The third kappa shape index (κ3) is 7.40. The molecule has 2 aromatic carbocycles. The van der Waals surface area contributed by atoms with Crippen LogP contribution in [0.5, 0.6) is 5.75 Å². The summed E-state index contributed by atoms with van der Waals surface area (Å²) in [5.74, 6) is 0.264. The van der Waals surface area contributed by atoms with E-state index < -0.39 is 10.0 Å². The van der Waals surface area contributed by atoms with Crippen molar-refractivity contribution in [3.8, 4) is 5.75 Å². The van der Waals surface area contributed by atoms with Crippen LogP contribution in [-0.4, -0.2) is 32.6 Å². The lowest BCUT2D eigenvalue weighted by Crippen LogP contribution is -2.34. The van der Waals surface area contributed by atoms with Crippen LogP contribution in [0, 0.1) is 0 Å². The van der Waals surface area contributed by atoms with E-state index in [1.807, 2.05) is 6.92 Å². The normalized spacial score (nSPS) is 11.0. The van der Waals surface area contributed by atoms with Crippen molar-refractivity contribution in [2.24, 2.45) is 0 Å². The van der Waals surface area contributed by atoms with Crippen molar-refractivity contribution in [1.82, 2.24) is 10.0 Å². The molecule has 0 aliphatic heterocycles. The summed E-state index contributed by atoms with van der Waals surface area (Å²) in [7, 11) is -3.53. The molecule has 9 heteroatoms. The Morgan fingerprint density at radius 1 is 1.07 bits per heavy atom. The highest BCUT2D eigenvalue weighted by molar-refractivity contribution is 7.89. The monoisotopic (exact) mass is 449 g/mol. The molecule has 0 bridgehead atoms. The molecule has 2 rings (SSSR count). The lowest BCUT2D eigenvalue weighted by molar-refractivity contribution is 0.0977. The van der Waals surface area contributed by atoms with Crippen LogP contribution in [0.1, 0.15) is 43.5 Å². The van der Waals surface area contributed by atoms with Crippen LogP contribution in [0.3, 0.4) is 0 Å². The number of hydrogen-bond donors (Lipinski definition) is 3. The predicted molar refractivity (Wildman–Crippen MR) is 122 cm³/mol. The van der Waals surface area contributed by atoms with Crippen molar-refractivity contribution in [3.05, 3.63) is 54.1 Å². The Morgan fingerprint density at radius 3 is 2.47 bits per heavy atom. The first-order chi connectivity index (χ1) is 14.4. The number of benzene rings is 2. The molecule has 0 fully saturated rings. The summed E-state index contributed by atoms with van der Waals surface area (Å²) in [4.78, 5) is 12.6. The van der Waals surface area contributed by atoms with Gasteiger partial charge in [0.05, 0.1) is 11.5 Å². The maximum absolute atomic E-state index is 12.4. The number of rotatable bonds is 10. The van der Waals surface area contributed by atoms with E-state index in [9.17, 15) is 13.2 Å². The minimum absolute atomic E-state index is 0.108. The van der Waals surface area contributed by atoms with E-state index in [0.29, 0.717) is 36.6 Å². The number of unbranched alkanes of at least 4 members (excludes halogenated alkanes) is 1. The highest BCUT2D eigenvalue weighted by atomic mass is 32.2. The van der Waals surface area contributed by atoms with Gasteiger partial charge in [-0.15, -0.1) is 0 Å². The van der Waals surface area contributed by atoms with Crippen molar-refractivity contribution in [1.29, 1.82) is 0 Å². The number of carbonyl (C=O) groups excluding carboxylic acids is 1. The number of nitrogens with one attached hydrogen (secondary N) is 3. The SMILES string of the molecule is CCCCOc1cccc(C(=O)NC(=S)Nc2ccc(S(=O)(=O)NCCC)cc2)c1. The highest BCUT2D eigenvalue weighted by Gasteiger charge is 2.13. The van der Waals surface area contributed by atoms with Crippen LogP contribution in [0.2, 0.25) is 0 Å². The molecule has 0 radical (unpaired) electrons. The third-order valence-electron chi connectivity index (χ3n) is 4.05. The molecular formula is C21H27N3O4S2. The van der Waals surface area contributed by atoms with Gasteiger partial charge in [-0.2, -0.15) is 0 Å². The smallest absolute Gasteiger partial charge is 0.257 e. The molecule has 0 saturated heterocycles. The van der Waals surface area contributed by atoms with Crippen LogP contribution in [0.15, 0.2) is 53.4 Å². The molecule has 2 aromatic rings. The Bertz CT molecular complexity index is 960. The summed E-state index contributed by atoms with van der Waals surface area (Å²) in [6.45, 7) is 4.95. The van der Waals surface area contributed by atoms with Crippen LogP contribution < -0.4 is 20.1 Å². The van der Waals surface area contributed by atoms with E-state index in [0.717, 1.165) is 12.8 Å². The second kappa shape index (κ2) is 11.6. The maximum Gasteiger partial charge on any atom is 0.257 e. The molecule has 0 aliphatic rings. The summed E-state index contributed by atoms with van der Waals surface area (Å²) < 4.78 is 32.4. The Balaban J connectivity index is 1.94. The van der Waals surface area contributed by atoms with Gasteiger partial charge in [-0.3, -0.25) is 10.1 Å². The molecule has 0 unspecified atom stereocenters. The summed E-state index contributed by atoms with van der Waals surface area (Å²) in [6, 6.07) is 13.0. The second-order valence-corrected chi connectivity index (χ2v) is 8.74. The molecule has 30 heavy (non-hydrogen) atoms. The minimum Gasteiger partial charge on any atom is -0.494 e. The van der Waals surface area contributed by atoms with Crippen molar-refractivity contribution in [2.45, 2.75) is 38.0 Å². The number of carbonyl (C=O) groups is 1. The topological polar surface area (TPSA) is 96.5 Å². The number of thiocarbonyl (C=S) groups is 1. The minimum atomic E-state index is -3.53. The fourth-order valence-electron chi connectivity index (χ4n) is 2.44. The van der Waals surface area contributed by atoms with E-state index in [4.69, 9.17) is 17.0 Å². The molecule has 0 aromatic heterocycles. The average molecular weight is 450 g/mol. The first-order valence-electron chi connectivity index (χ1n) is 9.80. The van der Waals surface area contributed by atoms with Crippen LogP contribution in [-0.2, 0) is 10.0 Å². The van der Waals surface area contributed by atoms with Crippen molar-refractivity contribution in [2.75, 3.05) is 18.5 Å². The zero-order chi connectivity index (χ0) is 22.0. The second-order valence-electron chi connectivity index (χ2n) is 6.56. The first kappa shape index (κ1) is 23.8. The predicted octanol–water partition coefficient (Wildman–Crippen LogP) is 3.68. The number of sulfonamides is 1. The maximum atomic E-state index is 12.4. The Labute approximate surface area is 183 Å². The largest absolute Gasteiger partial charge is 0.494 e. The number of hydrogen-bond acceptors (Lipinski definition) is 5. The van der Waals surface area contributed by atoms with Gasteiger partial charge in [0.25, 0.3) is 5.91 Å². The lowest BCUT2D eigenvalue weighted by atomic mass is 10.2. The molecule has 1 amide bonds. The van der Waals surface area contributed by atoms with Crippen molar-refractivity contribution in [3.63, 3.8) is 0 Å². The molecule has 0 saturated carbocycles. The quantitative estimate of drug-likeness (QED) is 0.378. The van der Waals surface area contributed by atoms with E-state index in [1.54, 1.807) is 36.4 Å². The van der Waals surface area contributed by atoms with Gasteiger partial charge in [0.15, 0.2) is 5.11 Å². The number of ether oxygens (including phenoxy) is 1. The van der Waals surface area contributed by atoms with Crippen LogP contribution in [0.25, 0.3) is 0 Å². The average Bonchev–Trinajstić information content (AvgIpc) is 2.73. The molecule has 162 valence electrons. The third-order valence-corrected chi connectivity index (χ3v) is 5.74. The van der Waals surface area contributed by atoms with E-state index in [1.165, 1.54) is 12.1 Å². The standard InChI is InChI=1S/C21H27N3O4S2/c1-3-5-14-28-18-8-6-7-16(15-18)20(25)24-21(29)23-17-9-11-19(12-10-17)30(26,27)22-13-4-2/h6-12,15,22H,3-5,13-14H2,1-2H3,(H2,23,24,25,29). The first-order valence-corrected chi connectivity index (χ1v) is 11.7. The summed E-state index contributed by atoms with van der Waals surface area (Å²) in [5.41, 5.74) is 0.989. The van der Waals surface area contributed by atoms with Gasteiger partial charge in [-0.25, -0.2) is 13.1 Å². The zero-order valence-electron chi connectivity index (χ0n) is 17.1. The lowest BCUT2D eigenvalue weighted by Gasteiger charge is -2.11. The molecule has 0 spiro atoms. The van der Waals surface area contributed by atoms with Gasteiger partial charge in [-0.05, 0) is 67.5 Å². The number of amides is 1. The molecule has 3 N–H and O–H groups in total. The zero-order valence-corrected chi connectivity index (χ0v) is 18.7. The summed E-state index contributed by atoms with van der Waals surface area (Å²) in [6.07, 6.45) is 2.68. The molecule has 0 heterocycles. The fourth-order valence-corrected chi connectivity index (χ4v) is 3.78. The summed E-state index contributed by atoms with van der Waals surface area (Å²) >= 11 is 5.19. The van der Waals surface area contributed by atoms with Crippen molar-refractivity contribution >= 4 is 38.9 Å². The van der Waals surface area contributed by atoms with Gasteiger partial charge < -0.3 is 10.1 Å². The van der Waals surface area contributed by atoms with Crippen molar-refractivity contribution < 1.29 is 17.9 Å². The summed E-state index contributed by atoms with van der Waals surface area (Å²) in [5, 5.41) is 5.59. The van der Waals surface area contributed by atoms with Crippen LogP contribution >= 0.6 is 12.2 Å². The molecule has 7 nitrogen and oxygen atoms in total. The Hall–Kier alpha value is -2.49. The van der Waals surface area contributed by atoms with E-state index in [-0.39, 0.29) is 15.9 Å². The Kier molecular flexibility index (Phi) is 9.22. The van der Waals surface area contributed by atoms with E-state index in [2.05, 4.69) is 22.3 Å². The van der Waals surface area contributed by atoms with Gasteiger partial charge >= 0.3 is 0 Å². The van der Waals surface area contributed by atoms with Crippen LogP contribution in [0.4, 0.5) is 5.69 Å². The highest BCUT2D eigenvalue weighted by Crippen LogP contribution is 2.15. The van der Waals surface area contributed by atoms with Gasteiger partial charge in [0.1, 0.15) is 5.75 Å².